The normalized spacial score (nSPS) is 17.2. The first-order chi connectivity index (χ1) is 11.2. The van der Waals surface area contributed by atoms with Crippen LogP contribution in [0.3, 0.4) is 0 Å². The Morgan fingerprint density at radius 1 is 1.33 bits per heavy atom. The van der Waals surface area contributed by atoms with E-state index < -0.39 is 10.0 Å². The number of rotatable bonds is 6. The lowest BCUT2D eigenvalue weighted by Crippen LogP contribution is -2.40. The predicted molar refractivity (Wildman–Crippen MR) is 94.9 cm³/mol. The number of benzene rings is 1. The zero-order chi connectivity index (χ0) is 17.9. The van der Waals surface area contributed by atoms with Crippen LogP contribution in [0.5, 0.6) is 0 Å². The molecule has 0 aliphatic carbocycles. The summed E-state index contributed by atoms with van der Waals surface area (Å²) in [5, 5.41) is 3.09. The van der Waals surface area contributed by atoms with Gasteiger partial charge in [0.1, 0.15) is 0 Å². The van der Waals surface area contributed by atoms with Crippen molar-refractivity contribution in [1.29, 1.82) is 0 Å². The number of halogens is 1. The zero-order valence-corrected chi connectivity index (χ0v) is 15.8. The highest BCUT2D eigenvalue weighted by Crippen LogP contribution is 2.22. The van der Waals surface area contributed by atoms with Crippen LogP contribution in [0.4, 0.5) is 0 Å². The van der Waals surface area contributed by atoms with Gasteiger partial charge in [-0.05, 0) is 51.1 Å². The van der Waals surface area contributed by atoms with E-state index in [1.807, 2.05) is 0 Å². The molecule has 134 valence electrons. The van der Waals surface area contributed by atoms with Gasteiger partial charge in [0.2, 0.25) is 10.0 Å². The Morgan fingerprint density at radius 2 is 1.96 bits per heavy atom. The van der Waals surface area contributed by atoms with E-state index in [9.17, 15) is 13.2 Å². The molecular weight excluding hydrogens is 350 g/mol. The van der Waals surface area contributed by atoms with E-state index in [4.69, 9.17) is 11.6 Å². The summed E-state index contributed by atoms with van der Waals surface area (Å²) in [5.41, 5.74) is 0.174. The lowest BCUT2D eigenvalue weighted by atomic mass is 10.2. The fourth-order valence-electron chi connectivity index (χ4n) is 2.70. The van der Waals surface area contributed by atoms with Crippen LogP contribution >= 0.6 is 11.6 Å². The van der Waals surface area contributed by atoms with Crippen LogP contribution in [0.25, 0.3) is 0 Å². The molecule has 1 aromatic carbocycles. The first-order valence-corrected chi connectivity index (χ1v) is 9.79. The van der Waals surface area contributed by atoms with Gasteiger partial charge in [0.15, 0.2) is 0 Å². The molecule has 1 fully saturated rings. The number of nitrogens with zero attached hydrogens (tertiary/aromatic N) is 2. The van der Waals surface area contributed by atoms with Crippen LogP contribution in [0.15, 0.2) is 23.1 Å². The summed E-state index contributed by atoms with van der Waals surface area (Å²) in [6, 6.07) is 4.41. The van der Waals surface area contributed by atoms with E-state index in [0.717, 1.165) is 17.4 Å². The van der Waals surface area contributed by atoms with Gasteiger partial charge in [-0.2, -0.15) is 0 Å². The first kappa shape index (κ1) is 19.2. The monoisotopic (exact) mass is 373 g/mol. The maximum atomic E-state index is 12.4. The van der Waals surface area contributed by atoms with Gasteiger partial charge in [-0.25, -0.2) is 12.7 Å². The molecule has 0 saturated carbocycles. The third-order valence-corrected chi connectivity index (χ3v) is 6.42. The molecule has 0 radical (unpaired) electrons. The third-order valence-electron chi connectivity index (χ3n) is 4.28. The van der Waals surface area contributed by atoms with Crippen molar-refractivity contribution in [1.82, 2.24) is 14.5 Å². The standard InChI is InChI=1S/C16H24ClN3O3S/c1-12(20-8-4-5-9-20)11-18-16(21)14-10-13(6-7-15(14)17)24(22,23)19(2)3/h6-7,10,12H,4-5,8-9,11H2,1-3H3,(H,18,21). The van der Waals surface area contributed by atoms with Crippen LogP contribution in [0, 0.1) is 0 Å². The highest BCUT2D eigenvalue weighted by Gasteiger charge is 2.22. The molecule has 8 heteroatoms. The molecule has 1 heterocycles. The van der Waals surface area contributed by atoms with Crippen LogP contribution in [-0.4, -0.2) is 63.3 Å². The topological polar surface area (TPSA) is 69.7 Å². The molecule has 0 spiro atoms. The van der Waals surface area contributed by atoms with Crippen molar-refractivity contribution in [3.05, 3.63) is 28.8 Å². The number of hydrogen-bond acceptors (Lipinski definition) is 4. The summed E-state index contributed by atoms with van der Waals surface area (Å²) in [6.07, 6.45) is 2.38. The van der Waals surface area contributed by atoms with E-state index in [-0.39, 0.29) is 27.4 Å². The number of sulfonamides is 1. The van der Waals surface area contributed by atoms with Crippen LogP contribution in [-0.2, 0) is 10.0 Å². The average molecular weight is 374 g/mol. The number of nitrogens with one attached hydrogen (secondary N) is 1. The number of carbonyl (C=O) groups excluding carboxylic acids is 1. The number of likely N-dealkylation sites (tertiary alicyclic amines) is 1. The lowest BCUT2D eigenvalue weighted by molar-refractivity contribution is 0.0940. The number of amides is 1. The van der Waals surface area contributed by atoms with Crippen molar-refractivity contribution in [3.8, 4) is 0 Å². The Labute approximate surface area is 148 Å². The quantitative estimate of drug-likeness (QED) is 0.825. The summed E-state index contributed by atoms with van der Waals surface area (Å²) in [7, 11) is -0.716. The molecule has 1 amide bonds. The third kappa shape index (κ3) is 4.27. The van der Waals surface area contributed by atoms with E-state index in [1.54, 1.807) is 0 Å². The summed E-state index contributed by atoms with van der Waals surface area (Å²) in [6.45, 7) is 4.67. The summed E-state index contributed by atoms with van der Waals surface area (Å²) >= 11 is 6.08. The van der Waals surface area contributed by atoms with E-state index in [1.165, 1.54) is 45.1 Å². The summed E-state index contributed by atoms with van der Waals surface area (Å²) < 4.78 is 25.5. The molecule has 1 saturated heterocycles. The molecule has 1 atom stereocenters. The maximum absolute atomic E-state index is 12.4. The van der Waals surface area contributed by atoms with Gasteiger partial charge in [-0.3, -0.25) is 9.69 Å². The predicted octanol–water partition coefficient (Wildman–Crippen LogP) is 1.80. The molecule has 1 unspecified atom stereocenters. The van der Waals surface area contributed by atoms with Gasteiger partial charge < -0.3 is 5.32 Å². The molecule has 2 rings (SSSR count). The van der Waals surface area contributed by atoms with Crippen molar-refractivity contribution >= 4 is 27.5 Å². The fourth-order valence-corrected chi connectivity index (χ4v) is 3.83. The Bertz CT molecular complexity index is 701. The molecule has 0 aromatic heterocycles. The summed E-state index contributed by atoms with van der Waals surface area (Å²) in [5.74, 6) is -0.359. The fraction of sp³-hybridized carbons (Fsp3) is 0.562. The Hall–Kier alpha value is -1.15. The second kappa shape index (κ2) is 7.82. The van der Waals surface area contributed by atoms with Crippen molar-refractivity contribution in [3.63, 3.8) is 0 Å². The van der Waals surface area contributed by atoms with Gasteiger partial charge in [-0.1, -0.05) is 11.6 Å². The minimum absolute atomic E-state index is 0.0506. The van der Waals surface area contributed by atoms with Crippen molar-refractivity contribution in [2.24, 2.45) is 0 Å². The second-order valence-electron chi connectivity index (χ2n) is 6.23. The van der Waals surface area contributed by atoms with Crippen LogP contribution < -0.4 is 5.32 Å². The van der Waals surface area contributed by atoms with Crippen LogP contribution in [0.2, 0.25) is 5.02 Å². The van der Waals surface area contributed by atoms with Gasteiger partial charge in [0, 0.05) is 26.7 Å². The SMILES string of the molecule is CC(CNC(=O)c1cc(S(=O)(=O)N(C)C)ccc1Cl)N1CCCC1. The highest BCUT2D eigenvalue weighted by atomic mass is 35.5. The second-order valence-corrected chi connectivity index (χ2v) is 8.79. The van der Waals surface area contributed by atoms with Crippen molar-refractivity contribution < 1.29 is 13.2 Å². The van der Waals surface area contributed by atoms with Crippen molar-refractivity contribution in [2.75, 3.05) is 33.7 Å². The van der Waals surface area contributed by atoms with Gasteiger partial charge in [0.05, 0.1) is 15.5 Å². The van der Waals surface area contributed by atoms with Crippen molar-refractivity contribution in [2.45, 2.75) is 30.7 Å². The maximum Gasteiger partial charge on any atom is 0.252 e. The van der Waals surface area contributed by atoms with E-state index in [2.05, 4.69) is 17.1 Å². The molecule has 24 heavy (non-hydrogen) atoms. The largest absolute Gasteiger partial charge is 0.350 e. The molecule has 6 nitrogen and oxygen atoms in total. The Kier molecular flexibility index (Phi) is 6.25. The average Bonchev–Trinajstić information content (AvgIpc) is 3.06. The zero-order valence-electron chi connectivity index (χ0n) is 14.3. The highest BCUT2D eigenvalue weighted by molar-refractivity contribution is 7.89. The molecule has 1 aliphatic rings. The number of carbonyl (C=O) groups is 1. The first-order valence-electron chi connectivity index (χ1n) is 7.98. The van der Waals surface area contributed by atoms with Crippen LogP contribution in [0.1, 0.15) is 30.1 Å². The Balaban J connectivity index is 2.11. The Morgan fingerprint density at radius 3 is 2.54 bits per heavy atom. The molecule has 1 N–H and O–H groups in total. The molecule has 1 aromatic rings. The van der Waals surface area contributed by atoms with Gasteiger partial charge in [-0.15, -0.1) is 0 Å². The molecular formula is C16H24ClN3O3S. The lowest BCUT2D eigenvalue weighted by Gasteiger charge is -2.24. The smallest absolute Gasteiger partial charge is 0.252 e. The molecule has 0 bridgehead atoms. The van der Waals surface area contributed by atoms with Gasteiger partial charge >= 0.3 is 0 Å². The summed E-state index contributed by atoms with van der Waals surface area (Å²) in [4.78, 5) is 14.8. The molecule has 1 aliphatic heterocycles. The number of hydrogen-bond donors (Lipinski definition) is 1. The minimum atomic E-state index is -3.61. The minimum Gasteiger partial charge on any atom is -0.350 e. The van der Waals surface area contributed by atoms with E-state index in [0.29, 0.717) is 6.54 Å². The van der Waals surface area contributed by atoms with Gasteiger partial charge in [0.25, 0.3) is 5.91 Å². The van der Waals surface area contributed by atoms with E-state index >= 15 is 0 Å².